The van der Waals surface area contributed by atoms with E-state index >= 15 is 0 Å². The highest BCUT2D eigenvalue weighted by Crippen LogP contribution is 2.22. The zero-order valence-electron chi connectivity index (χ0n) is 8.83. The summed E-state index contributed by atoms with van der Waals surface area (Å²) in [5, 5.41) is 8.77. The Morgan fingerprint density at radius 1 is 1.60 bits per heavy atom. The van der Waals surface area contributed by atoms with Crippen molar-refractivity contribution in [3.8, 4) is 6.07 Å². The van der Waals surface area contributed by atoms with Crippen molar-refractivity contribution in [2.24, 2.45) is 0 Å². The molecule has 0 aliphatic heterocycles. The first-order chi connectivity index (χ1) is 7.08. The molecule has 4 heteroatoms. The minimum absolute atomic E-state index is 0.0263. The molecule has 0 aliphatic carbocycles. The molecule has 0 saturated carbocycles. The number of methoxy groups -OCH3 is 1. The van der Waals surface area contributed by atoms with Crippen molar-refractivity contribution in [1.29, 1.82) is 5.26 Å². The van der Waals surface area contributed by atoms with E-state index in [4.69, 9.17) is 5.26 Å². The SMILES string of the molecule is COC(=O)/C(C#N)=C/c1cc(C)sc1C. The average Bonchev–Trinajstić information content (AvgIpc) is 2.52. The molecule has 3 nitrogen and oxygen atoms in total. The molecule has 1 aromatic heterocycles. The van der Waals surface area contributed by atoms with Crippen LogP contribution in [-0.2, 0) is 9.53 Å². The topological polar surface area (TPSA) is 50.1 Å². The fourth-order valence-corrected chi connectivity index (χ4v) is 2.10. The van der Waals surface area contributed by atoms with Crippen LogP contribution >= 0.6 is 11.3 Å². The van der Waals surface area contributed by atoms with Crippen LogP contribution in [0.25, 0.3) is 6.08 Å². The van der Waals surface area contributed by atoms with Gasteiger partial charge in [-0.3, -0.25) is 0 Å². The molecule has 1 rings (SSSR count). The molecule has 78 valence electrons. The smallest absolute Gasteiger partial charge is 0.348 e. The first-order valence-electron chi connectivity index (χ1n) is 4.35. The van der Waals surface area contributed by atoms with Gasteiger partial charge in [0, 0.05) is 9.75 Å². The van der Waals surface area contributed by atoms with Crippen LogP contribution in [-0.4, -0.2) is 13.1 Å². The van der Waals surface area contributed by atoms with E-state index in [0.29, 0.717) is 0 Å². The number of nitriles is 1. The third-order valence-corrected chi connectivity index (χ3v) is 2.89. The highest BCUT2D eigenvalue weighted by molar-refractivity contribution is 7.12. The van der Waals surface area contributed by atoms with E-state index in [9.17, 15) is 4.79 Å². The lowest BCUT2D eigenvalue weighted by atomic mass is 10.1. The molecular formula is C11H11NO2S. The highest BCUT2D eigenvalue weighted by atomic mass is 32.1. The zero-order valence-corrected chi connectivity index (χ0v) is 9.64. The van der Waals surface area contributed by atoms with Gasteiger partial charge in [-0.1, -0.05) is 0 Å². The van der Waals surface area contributed by atoms with Crippen LogP contribution in [0.2, 0.25) is 0 Å². The minimum atomic E-state index is -0.597. The Bertz CT molecular complexity index is 452. The average molecular weight is 221 g/mol. The van der Waals surface area contributed by atoms with Crippen molar-refractivity contribution in [1.82, 2.24) is 0 Å². The van der Waals surface area contributed by atoms with Crippen LogP contribution in [0.5, 0.6) is 0 Å². The fraction of sp³-hybridized carbons (Fsp3) is 0.273. The predicted molar refractivity (Wildman–Crippen MR) is 59.4 cm³/mol. The third kappa shape index (κ3) is 2.67. The summed E-state index contributed by atoms with van der Waals surface area (Å²) >= 11 is 1.63. The maximum atomic E-state index is 11.2. The van der Waals surface area contributed by atoms with Gasteiger partial charge in [0.05, 0.1) is 7.11 Å². The number of thiophene rings is 1. The van der Waals surface area contributed by atoms with Gasteiger partial charge in [0.1, 0.15) is 11.6 Å². The molecule has 0 atom stereocenters. The highest BCUT2D eigenvalue weighted by Gasteiger charge is 2.10. The first kappa shape index (κ1) is 11.5. The number of rotatable bonds is 2. The number of aryl methyl sites for hydroxylation is 2. The first-order valence-corrected chi connectivity index (χ1v) is 5.17. The maximum Gasteiger partial charge on any atom is 0.348 e. The number of hydrogen-bond donors (Lipinski definition) is 0. The van der Waals surface area contributed by atoms with E-state index in [1.54, 1.807) is 17.4 Å². The Balaban J connectivity index is 3.10. The van der Waals surface area contributed by atoms with Gasteiger partial charge in [-0.05, 0) is 31.6 Å². The van der Waals surface area contributed by atoms with Crippen molar-refractivity contribution < 1.29 is 9.53 Å². The normalized spacial score (nSPS) is 10.9. The second-order valence-electron chi connectivity index (χ2n) is 3.03. The summed E-state index contributed by atoms with van der Waals surface area (Å²) in [6.45, 7) is 3.94. The van der Waals surface area contributed by atoms with Gasteiger partial charge < -0.3 is 4.74 Å². The van der Waals surface area contributed by atoms with Crippen LogP contribution < -0.4 is 0 Å². The summed E-state index contributed by atoms with van der Waals surface area (Å²) < 4.78 is 4.50. The van der Waals surface area contributed by atoms with Crippen LogP contribution in [0.4, 0.5) is 0 Å². The molecule has 0 spiro atoms. The molecular weight excluding hydrogens is 210 g/mol. The Labute approximate surface area is 92.6 Å². The minimum Gasteiger partial charge on any atom is -0.465 e. The fourth-order valence-electron chi connectivity index (χ4n) is 1.20. The molecule has 0 radical (unpaired) electrons. The molecule has 0 N–H and O–H groups in total. The predicted octanol–water partition coefficient (Wildman–Crippen LogP) is 2.44. The Morgan fingerprint density at radius 3 is 2.67 bits per heavy atom. The summed E-state index contributed by atoms with van der Waals surface area (Å²) in [4.78, 5) is 13.4. The quantitative estimate of drug-likeness (QED) is 0.438. The number of ether oxygens (including phenoxy) is 1. The Hall–Kier alpha value is -1.60. The summed E-state index contributed by atoms with van der Waals surface area (Å²) in [6, 6.07) is 3.77. The van der Waals surface area contributed by atoms with Gasteiger partial charge in [0.15, 0.2) is 0 Å². The van der Waals surface area contributed by atoms with Gasteiger partial charge in [-0.15, -0.1) is 11.3 Å². The molecule has 0 fully saturated rings. The number of carbonyl (C=O) groups excluding carboxylic acids is 1. The van der Waals surface area contributed by atoms with Gasteiger partial charge in [-0.25, -0.2) is 4.79 Å². The third-order valence-electron chi connectivity index (χ3n) is 1.90. The van der Waals surface area contributed by atoms with Crippen molar-refractivity contribution in [3.63, 3.8) is 0 Å². The Kier molecular flexibility index (Phi) is 3.64. The summed E-state index contributed by atoms with van der Waals surface area (Å²) in [5.74, 6) is -0.597. The van der Waals surface area contributed by atoms with Crippen LogP contribution in [0.15, 0.2) is 11.6 Å². The van der Waals surface area contributed by atoms with E-state index in [1.807, 2.05) is 26.0 Å². The number of carbonyl (C=O) groups is 1. The van der Waals surface area contributed by atoms with Crippen LogP contribution in [0, 0.1) is 25.2 Å². The molecule has 0 unspecified atom stereocenters. The molecule has 15 heavy (non-hydrogen) atoms. The number of esters is 1. The molecule has 0 amide bonds. The lowest BCUT2D eigenvalue weighted by Crippen LogP contribution is -2.02. The lowest BCUT2D eigenvalue weighted by molar-refractivity contribution is -0.135. The summed E-state index contributed by atoms with van der Waals surface area (Å²) in [6.07, 6.45) is 1.56. The van der Waals surface area contributed by atoms with E-state index in [1.165, 1.54) is 7.11 Å². The monoisotopic (exact) mass is 221 g/mol. The van der Waals surface area contributed by atoms with E-state index < -0.39 is 5.97 Å². The van der Waals surface area contributed by atoms with Gasteiger partial charge in [0.25, 0.3) is 0 Å². The second-order valence-corrected chi connectivity index (χ2v) is 4.49. The second kappa shape index (κ2) is 4.76. The lowest BCUT2D eigenvalue weighted by Gasteiger charge is -1.95. The van der Waals surface area contributed by atoms with E-state index in [2.05, 4.69) is 4.74 Å². The van der Waals surface area contributed by atoms with E-state index in [0.717, 1.165) is 15.3 Å². The summed E-state index contributed by atoms with van der Waals surface area (Å²) in [5.41, 5.74) is 0.929. The number of nitrogens with zero attached hydrogens (tertiary/aromatic N) is 1. The number of hydrogen-bond acceptors (Lipinski definition) is 4. The maximum absolute atomic E-state index is 11.2. The molecule has 1 aromatic rings. The molecule has 0 saturated heterocycles. The van der Waals surface area contributed by atoms with Crippen molar-refractivity contribution >= 4 is 23.4 Å². The van der Waals surface area contributed by atoms with Crippen molar-refractivity contribution in [2.75, 3.05) is 7.11 Å². The van der Waals surface area contributed by atoms with E-state index in [-0.39, 0.29) is 5.57 Å². The largest absolute Gasteiger partial charge is 0.465 e. The Morgan fingerprint density at radius 2 is 2.27 bits per heavy atom. The molecule has 0 aliphatic rings. The molecule has 0 aromatic carbocycles. The standard InChI is InChI=1S/C11H11NO2S/c1-7-4-9(8(2)15-7)5-10(6-12)11(13)14-3/h4-5H,1-3H3/b10-5+. The van der Waals surface area contributed by atoms with Crippen molar-refractivity contribution in [2.45, 2.75) is 13.8 Å². The molecule has 1 heterocycles. The van der Waals surface area contributed by atoms with Crippen molar-refractivity contribution in [3.05, 3.63) is 27.0 Å². The zero-order chi connectivity index (χ0) is 11.4. The summed E-state index contributed by atoms with van der Waals surface area (Å²) in [7, 11) is 1.26. The molecule has 0 bridgehead atoms. The van der Waals surface area contributed by atoms with Gasteiger partial charge >= 0.3 is 5.97 Å². The van der Waals surface area contributed by atoms with Crippen LogP contribution in [0.3, 0.4) is 0 Å². The van der Waals surface area contributed by atoms with Crippen LogP contribution in [0.1, 0.15) is 15.3 Å². The van der Waals surface area contributed by atoms with Gasteiger partial charge in [-0.2, -0.15) is 5.26 Å². The van der Waals surface area contributed by atoms with Gasteiger partial charge in [0.2, 0.25) is 0 Å².